The Kier molecular flexibility index (Phi) is 8.50. The molecule has 1 spiro atoms. The van der Waals surface area contributed by atoms with Crippen LogP contribution in [-0.4, -0.2) is 4.57 Å². The highest BCUT2D eigenvalue weighted by molar-refractivity contribution is 6.14. The highest BCUT2D eigenvalue weighted by Crippen LogP contribution is 2.65. The van der Waals surface area contributed by atoms with Crippen LogP contribution < -0.4 is 9.80 Å². The first-order valence-electron chi connectivity index (χ1n) is 23.5. The van der Waals surface area contributed by atoms with Crippen LogP contribution in [0.1, 0.15) is 22.3 Å². The van der Waals surface area contributed by atoms with Crippen molar-refractivity contribution in [1.82, 2.24) is 4.57 Å². The summed E-state index contributed by atoms with van der Waals surface area (Å²) in [6, 6.07) is 96.1. The van der Waals surface area contributed by atoms with Crippen LogP contribution >= 0.6 is 0 Å². The minimum Gasteiger partial charge on any atom is -0.310 e. The molecule has 0 bridgehead atoms. The van der Waals surface area contributed by atoms with Gasteiger partial charge in [-0.1, -0.05) is 170 Å². The van der Waals surface area contributed by atoms with E-state index in [0.717, 1.165) is 39.8 Å². The zero-order valence-corrected chi connectivity index (χ0v) is 37.2. The number of benzene rings is 11. The standard InChI is InChI=1S/C65H43N3/c1-5-21-44(22-6-1)66(45-23-7-2-8-24-45)48-37-39-59-55(41-48)50-29-15-18-34-57(50)65(59)58-35-19-16-33-54(58)64-53-32-14-13-30-51(53)63(43-60(64)65)67(46-25-9-3-10-26-46)49-38-40-62-56(42-49)52-31-17-20-36-61(52)68(62)47-27-11-4-12-28-47/h1-43H. The topological polar surface area (TPSA) is 11.4 Å². The fourth-order valence-corrected chi connectivity index (χ4v) is 11.9. The SMILES string of the molecule is c1ccc(N(c2ccccc2)c2ccc3c(c2)-c2ccccc2C32c3ccccc3-c3c2cc(N(c2ccccc2)c2ccc4c(c2)c2ccccc2n4-c2ccccc2)c2ccccc32)cc1. The second-order valence-electron chi connectivity index (χ2n) is 18.0. The molecule has 11 aromatic carbocycles. The molecule has 2 aliphatic rings. The van der Waals surface area contributed by atoms with Crippen molar-refractivity contribution < 1.29 is 0 Å². The molecule has 0 fully saturated rings. The van der Waals surface area contributed by atoms with E-state index >= 15 is 0 Å². The minimum atomic E-state index is -0.574. The van der Waals surface area contributed by atoms with Gasteiger partial charge in [0.15, 0.2) is 0 Å². The van der Waals surface area contributed by atoms with Gasteiger partial charge in [0.05, 0.1) is 22.1 Å². The first-order valence-corrected chi connectivity index (χ1v) is 23.5. The molecule has 2 aliphatic carbocycles. The van der Waals surface area contributed by atoms with Crippen LogP contribution in [0.25, 0.3) is 60.5 Å². The second-order valence-corrected chi connectivity index (χ2v) is 18.0. The summed E-state index contributed by atoms with van der Waals surface area (Å²) < 4.78 is 2.40. The van der Waals surface area contributed by atoms with Crippen molar-refractivity contribution in [2.45, 2.75) is 5.41 Å². The molecule has 318 valence electrons. The maximum absolute atomic E-state index is 2.54. The van der Waals surface area contributed by atoms with Crippen molar-refractivity contribution in [2.24, 2.45) is 0 Å². The summed E-state index contributed by atoms with van der Waals surface area (Å²) in [7, 11) is 0. The van der Waals surface area contributed by atoms with E-state index in [2.05, 4.69) is 275 Å². The molecule has 0 amide bonds. The van der Waals surface area contributed by atoms with Crippen LogP contribution in [-0.2, 0) is 5.41 Å². The van der Waals surface area contributed by atoms with Gasteiger partial charge in [-0.2, -0.15) is 0 Å². The van der Waals surface area contributed by atoms with Crippen LogP contribution in [0.5, 0.6) is 0 Å². The largest absolute Gasteiger partial charge is 0.310 e. The van der Waals surface area contributed by atoms with Crippen molar-refractivity contribution in [3.8, 4) is 27.9 Å². The molecule has 1 aromatic heterocycles. The van der Waals surface area contributed by atoms with E-state index in [1.807, 2.05) is 0 Å². The molecule has 68 heavy (non-hydrogen) atoms. The lowest BCUT2D eigenvalue weighted by Crippen LogP contribution is -2.26. The monoisotopic (exact) mass is 865 g/mol. The number of anilines is 6. The van der Waals surface area contributed by atoms with Crippen LogP contribution in [0.4, 0.5) is 34.1 Å². The zero-order chi connectivity index (χ0) is 44.8. The van der Waals surface area contributed by atoms with Gasteiger partial charge < -0.3 is 14.4 Å². The molecule has 0 aliphatic heterocycles. The third-order valence-corrected chi connectivity index (χ3v) is 14.5. The highest BCUT2D eigenvalue weighted by atomic mass is 15.1. The first-order chi connectivity index (χ1) is 33.8. The molecule has 1 atom stereocenters. The Bertz CT molecular complexity index is 3870. The van der Waals surface area contributed by atoms with E-state index in [4.69, 9.17) is 0 Å². The lowest BCUT2D eigenvalue weighted by Gasteiger charge is -2.33. The van der Waals surface area contributed by atoms with Gasteiger partial charge in [0, 0.05) is 50.3 Å². The third-order valence-electron chi connectivity index (χ3n) is 14.5. The van der Waals surface area contributed by atoms with Gasteiger partial charge in [0.25, 0.3) is 0 Å². The predicted molar refractivity (Wildman–Crippen MR) is 284 cm³/mol. The summed E-state index contributed by atoms with van der Waals surface area (Å²) in [5.41, 5.74) is 20.0. The fourth-order valence-electron chi connectivity index (χ4n) is 11.9. The Hall–Kier alpha value is -8.92. The van der Waals surface area contributed by atoms with E-state index in [1.165, 1.54) is 77.1 Å². The Morgan fingerprint density at radius 1 is 0.279 bits per heavy atom. The predicted octanol–water partition coefficient (Wildman–Crippen LogP) is 17.2. The summed E-state index contributed by atoms with van der Waals surface area (Å²) in [6.45, 7) is 0. The normalized spacial score (nSPS) is 14.2. The minimum absolute atomic E-state index is 0.574. The number of rotatable bonds is 7. The van der Waals surface area contributed by atoms with Crippen molar-refractivity contribution in [3.05, 3.63) is 283 Å². The Balaban J connectivity index is 1.04. The van der Waals surface area contributed by atoms with Crippen molar-refractivity contribution in [3.63, 3.8) is 0 Å². The van der Waals surface area contributed by atoms with Gasteiger partial charge in [-0.15, -0.1) is 0 Å². The summed E-state index contributed by atoms with van der Waals surface area (Å²) in [6.07, 6.45) is 0. The summed E-state index contributed by atoms with van der Waals surface area (Å²) >= 11 is 0. The lowest BCUT2D eigenvalue weighted by atomic mass is 9.70. The molecule has 12 aromatic rings. The van der Waals surface area contributed by atoms with E-state index in [-0.39, 0.29) is 0 Å². The molecule has 0 saturated carbocycles. The van der Waals surface area contributed by atoms with Crippen LogP contribution in [0.2, 0.25) is 0 Å². The van der Waals surface area contributed by atoms with E-state index < -0.39 is 5.41 Å². The number of hydrogen-bond acceptors (Lipinski definition) is 2. The summed E-state index contributed by atoms with van der Waals surface area (Å²) in [5, 5.41) is 4.89. The number of hydrogen-bond donors (Lipinski definition) is 0. The van der Waals surface area contributed by atoms with E-state index in [9.17, 15) is 0 Å². The molecule has 14 rings (SSSR count). The smallest absolute Gasteiger partial charge is 0.0726 e. The molecule has 0 saturated heterocycles. The lowest BCUT2D eigenvalue weighted by molar-refractivity contribution is 0.794. The van der Waals surface area contributed by atoms with E-state index in [1.54, 1.807) is 0 Å². The number of nitrogens with zero attached hydrogens (tertiary/aromatic N) is 3. The number of fused-ring (bicyclic) bond motifs is 15. The second kappa shape index (κ2) is 15.1. The summed E-state index contributed by atoms with van der Waals surface area (Å²) in [5.74, 6) is 0. The molecule has 0 N–H and O–H groups in total. The Labute approximate surface area is 395 Å². The van der Waals surface area contributed by atoms with E-state index in [0.29, 0.717) is 0 Å². The van der Waals surface area contributed by atoms with Crippen LogP contribution in [0, 0.1) is 0 Å². The van der Waals surface area contributed by atoms with Gasteiger partial charge in [-0.3, -0.25) is 0 Å². The molecule has 1 unspecified atom stereocenters. The molecule has 0 radical (unpaired) electrons. The molecule has 1 heterocycles. The highest BCUT2D eigenvalue weighted by Gasteiger charge is 2.52. The fraction of sp³-hybridized carbons (Fsp3) is 0.0154. The van der Waals surface area contributed by atoms with Crippen molar-refractivity contribution in [2.75, 3.05) is 9.80 Å². The third kappa shape index (κ3) is 5.47. The van der Waals surface area contributed by atoms with Crippen molar-refractivity contribution >= 4 is 66.7 Å². The Morgan fingerprint density at radius 2 is 0.765 bits per heavy atom. The van der Waals surface area contributed by atoms with Gasteiger partial charge >= 0.3 is 0 Å². The maximum Gasteiger partial charge on any atom is 0.0726 e. The Morgan fingerprint density at radius 3 is 1.46 bits per heavy atom. The molecule has 3 heteroatoms. The molecule has 3 nitrogen and oxygen atoms in total. The molecular formula is C65H43N3. The number of aromatic nitrogens is 1. The summed E-state index contributed by atoms with van der Waals surface area (Å²) in [4.78, 5) is 4.87. The zero-order valence-electron chi connectivity index (χ0n) is 37.2. The number of para-hydroxylation sites is 5. The van der Waals surface area contributed by atoms with Crippen molar-refractivity contribution in [1.29, 1.82) is 0 Å². The maximum atomic E-state index is 2.54. The van der Waals surface area contributed by atoms with Gasteiger partial charge in [0.1, 0.15) is 0 Å². The van der Waals surface area contributed by atoms with Gasteiger partial charge in [-0.05, 0) is 141 Å². The van der Waals surface area contributed by atoms with Gasteiger partial charge in [-0.25, -0.2) is 0 Å². The average Bonchev–Trinajstić information content (AvgIpc) is 4.01. The van der Waals surface area contributed by atoms with Gasteiger partial charge in [0.2, 0.25) is 0 Å². The van der Waals surface area contributed by atoms with Crippen LogP contribution in [0.15, 0.2) is 261 Å². The quantitative estimate of drug-likeness (QED) is 0.158. The average molecular weight is 866 g/mol. The molecular weight excluding hydrogens is 823 g/mol. The van der Waals surface area contributed by atoms with Crippen LogP contribution in [0.3, 0.4) is 0 Å². The first kappa shape index (κ1) is 38.4.